The monoisotopic (exact) mass is 456 g/mol. The molecule has 0 saturated carbocycles. The van der Waals surface area contributed by atoms with Crippen LogP contribution < -0.4 is 20.9 Å². The highest BCUT2D eigenvalue weighted by Gasteiger charge is 2.30. The van der Waals surface area contributed by atoms with Gasteiger partial charge in [-0.05, 0) is 48.9 Å². The van der Waals surface area contributed by atoms with Crippen LogP contribution in [0.3, 0.4) is 0 Å². The number of hydrogen-bond acceptors (Lipinski definition) is 2. The molecule has 3 aromatic carbocycles. The maximum Gasteiger partial charge on any atom is 0.416 e. The smallest absolute Gasteiger partial charge is 0.336 e. The molecule has 33 heavy (non-hydrogen) atoms. The van der Waals surface area contributed by atoms with E-state index in [9.17, 15) is 22.8 Å². The van der Waals surface area contributed by atoms with Crippen molar-refractivity contribution in [3.8, 4) is 0 Å². The number of hydrogen-bond donors (Lipinski definition) is 3. The summed E-state index contributed by atoms with van der Waals surface area (Å²) < 4.78 is 38.9. The number of carbonyl (C=O) groups excluding carboxylic acids is 2. The van der Waals surface area contributed by atoms with E-state index in [2.05, 4.69) is 16.0 Å². The summed E-state index contributed by atoms with van der Waals surface area (Å²) in [6.45, 7) is 2.07. The molecular weight excluding hydrogens is 433 g/mol. The molecule has 0 bridgehead atoms. The van der Waals surface area contributed by atoms with Gasteiger partial charge in [-0.3, -0.25) is 4.90 Å². The maximum atomic E-state index is 13.0. The van der Waals surface area contributed by atoms with E-state index in [1.165, 1.54) is 17.0 Å². The standard InChI is InChI=1S/C24H23F3N4O2/c1-17-8-5-6-13-21(17)30-22(32)28-14-15-31(20-11-3-2-4-12-20)23(33)29-19-10-7-9-18(16-19)24(25,26)27/h2-13,16H,14-15H2,1H3,(H,29,33)(H2,28,30,32). The van der Waals surface area contributed by atoms with Crippen LogP contribution in [0, 0.1) is 6.92 Å². The molecule has 9 heteroatoms. The Bertz CT molecular complexity index is 1100. The van der Waals surface area contributed by atoms with Gasteiger partial charge in [0.05, 0.1) is 5.56 Å². The lowest BCUT2D eigenvalue weighted by Crippen LogP contribution is -2.42. The van der Waals surface area contributed by atoms with Gasteiger partial charge < -0.3 is 16.0 Å². The fraction of sp³-hybridized carbons (Fsp3) is 0.167. The number of nitrogens with zero attached hydrogens (tertiary/aromatic N) is 1. The van der Waals surface area contributed by atoms with Crippen LogP contribution in [0.4, 0.5) is 39.8 Å². The zero-order chi connectivity index (χ0) is 23.8. The molecule has 0 heterocycles. The Morgan fingerprint density at radius 1 is 0.879 bits per heavy atom. The molecule has 0 aliphatic carbocycles. The average molecular weight is 456 g/mol. The van der Waals surface area contributed by atoms with Crippen LogP contribution >= 0.6 is 0 Å². The summed E-state index contributed by atoms with van der Waals surface area (Å²) in [4.78, 5) is 26.5. The van der Waals surface area contributed by atoms with E-state index in [1.807, 2.05) is 19.1 Å². The molecule has 0 atom stereocenters. The number of anilines is 3. The predicted molar refractivity (Wildman–Crippen MR) is 122 cm³/mol. The molecule has 0 fully saturated rings. The molecule has 3 aromatic rings. The molecule has 4 amide bonds. The van der Waals surface area contributed by atoms with E-state index >= 15 is 0 Å². The van der Waals surface area contributed by atoms with Crippen LogP contribution in [-0.4, -0.2) is 25.2 Å². The second-order valence-electron chi connectivity index (χ2n) is 7.19. The van der Waals surface area contributed by atoms with Crippen molar-refractivity contribution in [3.63, 3.8) is 0 Å². The number of aryl methyl sites for hydroxylation is 1. The summed E-state index contributed by atoms with van der Waals surface area (Å²) in [7, 11) is 0. The topological polar surface area (TPSA) is 73.5 Å². The first-order valence-electron chi connectivity index (χ1n) is 10.2. The van der Waals surface area contributed by atoms with E-state index in [4.69, 9.17) is 0 Å². The van der Waals surface area contributed by atoms with Crippen molar-refractivity contribution < 1.29 is 22.8 Å². The number of carbonyl (C=O) groups is 2. The number of amides is 4. The van der Waals surface area contributed by atoms with Crippen molar-refractivity contribution in [2.75, 3.05) is 28.6 Å². The Morgan fingerprint density at radius 3 is 2.27 bits per heavy atom. The third kappa shape index (κ3) is 6.73. The van der Waals surface area contributed by atoms with Gasteiger partial charge >= 0.3 is 18.2 Å². The maximum absolute atomic E-state index is 13.0. The molecular formula is C24H23F3N4O2. The number of alkyl halides is 3. The molecule has 0 aromatic heterocycles. The van der Waals surface area contributed by atoms with E-state index in [1.54, 1.807) is 42.5 Å². The Hall–Kier alpha value is -4.01. The third-order valence-electron chi connectivity index (χ3n) is 4.77. The first-order chi connectivity index (χ1) is 15.7. The van der Waals surface area contributed by atoms with Crippen molar-refractivity contribution in [1.29, 1.82) is 0 Å². The number of halogens is 3. The van der Waals surface area contributed by atoms with Crippen LogP contribution in [0.25, 0.3) is 0 Å². The van der Waals surface area contributed by atoms with Crippen molar-refractivity contribution in [1.82, 2.24) is 5.32 Å². The lowest BCUT2D eigenvalue weighted by atomic mass is 10.2. The summed E-state index contributed by atoms with van der Waals surface area (Å²) in [6, 6.07) is 19.3. The molecule has 0 unspecified atom stereocenters. The fourth-order valence-electron chi connectivity index (χ4n) is 3.08. The molecule has 3 rings (SSSR count). The van der Waals surface area contributed by atoms with E-state index in [0.29, 0.717) is 11.4 Å². The fourth-order valence-corrected chi connectivity index (χ4v) is 3.08. The van der Waals surface area contributed by atoms with Crippen molar-refractivity contribution >= 4 is 29.1 Å². The minimum atomic E-state index is -4.52. The van der Waals surface area contributed by atoms with Crippen LogP contribution in [0.15, 0.2) is 78.9 Å². The highest BCUT2D eigenvalue weighted by atomic mass is 19.4. The predicted octanol–water partition coefficient (Wildman–Crippen LogP) is 5.87. The SMILES string of the molecule is Cc1ccccc1NC(=O)NCCN(C(=O)Nc1cccc(C(F)(F)F)c1)c1ccccc1. The van der Waals surface area contributed by atoms with Gasteiger partial charge in [0.15, 0.2) is 0 Å². The van der Waals surface area contributed by atoms with Crippen LogP contribution in [0.5, 0.6) is 0 Å². The summed E-state index contributed by atoms with van der Waals surface area (Å²) in [5, 5.41) is 7.92. The molecule has 0 spiro atoms. The van der Waals surface area contributed by atoms with Gasteiger partial charge in [-0.25, -0.2) is 9.59 Å². The van der Waals surface area contributed by atoms with E-state index in [-0.39, 0.29) is 18.8 Å². The van der Waals surface area contributed by atoms with Gasteiger partial charge in [-0.15, -0.1) is 0 Å². The third-order valence-corrected chi connectivity index (χ3v) is 4.77. The normalized spacial score (nSPS) is 10.9. The minimum absolute atomic E-state index is 0.0148. The second-order valence-corrected chi connectivity index (χ2v) is 7.19. The van der Waals surface area contributed by atoms with Crippen LogP contribution in [0.1, 0.15) is 11.1 Å². The van der Waals surface area contributed by atoms with Crippen molar-refractivity contribution in [3.05, 3.63) is 90.0 Å². The Kier molecular flexibility index (Phi) is 7.55. The van der Waals surface area contributed by atoms with Crippen LogP contribution in [0.2, 0.25) is 0 Å². The van der Waals surface area contributed by atoms with E-state index in [0.717, 1.165) is 17.7 Å². The Morgan fingerprint density at radius 2 is 1.58 bits per heavy atom. The highest BCUT2D eigenvalue weighted by molar-refractivity contribution is 6.01. The van der Waals surface area contributed by atoms with Gasteiger partial charge in [-0.2, -0.15) is 13.2 Å². The molecule has 0 radical (unpaired) electrons. The lowest BCUT2D eigenvalue weighted by Gasteiger charge is -2.24. The summed E-state index contributed by atoms with van der Waals surface area (Å²) >= 11 is 0. The zero-order valence-electron chi connectivity index (χ0n) is 17.8. The van der Waals surface area contributed by atoms with Crippen molar-refractivity contribution in [2.45, 2.75) is 13.1 Å². The Labute approximate surface area is 189 Å². The molecule has 6 nitrogen and oxygen atoms in total. The summed E-state index contributed by atoms with van der Waals surface area (Å²) in [5.41, 5.74) is 1.25. The van der Waals surface area contributed by atoms with Gasteiger partial charge in [0.25, 0.3) is 0 Å². The second kappa shape index (κ2) is 10.5. The largest absolute Gasteiger partial charge is 0.416 e. The van der Waals surface area contributed by atoms with Gasteiger partial charge in [-0.1, -0.05) is 42.5 Å². The summed E-state index contributed by atoms with van der Waals surface area (Å²) in [5.74, 6) is 0. The quantitative estimate of drug-likeness (QED) is 0.434. The number of rotatable bonds is 6. The van der Waals surface area contributed by atoms with Crippen molar-refractivity contribution in [2.24, 2.45) is 0 Å². The molecule has 172 valence electrons. The minimum Gasteiger partial charge on any atom is -0.336 e. The van der Waals surface area contributed by atoms with Gasteiger partial charge in [0.2, 0.25) is 0 Å². The zero-order valence-corrected chi connectivity index (χ0v) is 17.8. The first-order valence-corrected chi connectivity index (χ1v) is 10.2. The van der Waals surface area contributed by atoms with Gasteiger partial charge in [0.1, 0.15) is 0 Å². The molecule has 3 N–H and O–H groups in total. The molecule has 0 aliphatic rings. The molecule has 0 saturated heterocycles. The number of para-hydroxylation sites is 2. The average Bonchev–Trinajstić information content (AvgIpc) is 2.78. The molecule has 0 aliphatic heterocycles. The number of benzene rings is 3. The van der Waals surface area contributed by atoms with E-state index < -0.39 is 23.8 Å². The Balaban J connectivity index is 1.66. The number of urea groups is 2. The highest BCUT2D eigenvalue weighted by Crippen LogP contribution is 2.30. The van der Waals surface area contributed by atoms with Crippen LogP contribution in [-0.2, 0) is 6.18 Å². The first kappa shape index (κ1) is 23.6. The lowest BCUT2D eigenvalue weighted by molar-refractivity contribution is -0.137. The number of nitrogens with one attached hydrogen (secondary N) is 3. The van der Waals surface area contributed by atoms with Gasteiger partial charge in [0, 0.05) is 30.2 Å². The summed E-state index contributed by atoms with van der Waals surface area (Å²) in [6.07, 6.45) is -4.52.